The van der Waals surface area contributed by atoms with Gasteiger partial charge in [-0.05, 0) is 70.7 Å². The van der Waals surface area contributed by atoms with E-state index in [1.807, 2.05) is 54.6 Å². The highest BCUT2D eigenvalue weighted by Crippen LogP contribution is 2.44. The molecule has 1 unspecified atom stereocenters. The Bertz CT molecular complexity index is 1450. The fourth-order valence-corrected chi connectivity index (χ4v) is 5.37. The first kappa shape index (κ1) is 25.8. The maximum absolute atomic E-state index is 6.50. The number of fused-ring (bicyclic) bond motifs is 1. The molecule has 200 valence electrons. The average Bonchev–Trinajstić information content (AvgIpc) is 3.03. The van der Waals surface area contributed by atoms with Crippen LogP contribution in [0.5, 0.6) is 17.2 Å². The van der Waals surface area contributed by atoms with Crippen molar-refractivity contribution in [1.29, 1.82) is 0 Å². The van der Waals surface area contributed by atoms with E-state index in [0.717, 1.165) is 47.5 Å². The second kappa shape index (κ2) is 12.6. The molecule has 0 amide bonds. The summed E-state index contributed by atoms with van der Waals surface area (Å²) in [7, 11) is 0. The maximum atomic E-state index is 6.50. The number of ether oxygens (including phenoxy) is 3. The number of aryl methyl sites for hydroxylation is 1. The van der Waals surface area contributed by atoms with E-state index in [1.165, 1.54) is 16.7 Å². The Balaban J connectivity index is 1.36. The van der Waals surface area contributed by atoms with Gasteiger partial charge in [0.25, 0.3) is 0 Å². The van der Waals surface area contributed by atoms with E-state index in [9.17, 15) is 0 Å². The van der Waals surface area contributed by atoms with Gasteiger partial charge in [0.05, 0.1) is 0 Å². The zero-order chi connectivity index (χ0) is 27.0. The Hall–Kier alpha value is -4.50. The molecule has 3 heteroatoms. The van der Waals surface area contributed by atoms with Crippen LogP contribution in [0.3, 0.4) is 0 Å². The summed E-state index contributed by atoms with van der Waals surface area (Å²) in [6.45, 7) is 1.34. The normalized spacial score (nSPS) is 14.2. The molecule has 6 rings (SSSR count). The minimum atomic E-state index is 0.385. The Labute approximate surface area is 237 Å². The van der Waals surface area contributed by atoms with Crippen LogP contribution in [0.2, 0.25) is 0 Å². The third-order valence-electron chi connectivity index (χ3n) is 7.56. The Morgan fingerprint density at radius 1 is 0.500 bits per heavy atom. The van der Waals surface area contributed by atoms with Gasteiger partial charge in [0.15, 0.2) is 11.5 Å². The van der Waals surface area contributed by atoms with E-state index in [4.69, 9.17) is 14.2 Å². The van der Waals surface area contributed by atoms with Gasteiger partial charge < -0.3 is 14.2 Å². The topological polar surface area (TPSA) is 27.7 Å². The summed E-state index contributed by atoms with van der Waals surface area (Å²) in [6.07, 6.45) is 3.18. The summed E-state index contributed by atoms with van der Waals surface area (Å²) < 4.78 is 19.5. The van der Waals surface area contributed by atoms with Gasteiger partial charge in [0.1, 0.15) is 19.8 Å². The van der Waals surface area contributed by atoms with Crippen LogP contribution in [0, 0.1) is 0 Å². The molecule has 1 atom stereocenters. The number of benzene rings is 5. The van der Waals surface area contributed by atoms with Crippen molar-refractivity contribution >= 4 is 0 Å². The Morgan fingerprint density at radius 3 is 1.48 bits per heavy atom. The molecule has 0 fully saturated rings. The van der Waals surface area contributed by atoms with Crippen molar-refractivity contribution in [3.63, 3.8) is 0 Å². The van der Waals surface area contributed by atoms with E-state index in [1.54, 1.807) is 0 Å². The lowest BCUT2D eigenvalue weighted by atomic mass is 9.80. The van der Waals surface area contributed by atoms with Crippen LogP contribution >= 0.6 is 0 Å². The molecular formula is C37H34O3. The molecule has 1 aliphatic rings. The highest BCUT2D eigenvalue weighted by Gasteiger charge is 2.24. The zero-order valence-corrected chi connectivity index (χ0v) is 22.7. The first-order valence-electron chi connectivity index (χ1n) is 14.1. The highest BCUT2D eigenvalue weighted by atomic mass is 16.5. The molecule has 3 nitrogen and oxygen atoms in total. The van der Waals surface area contributed by atoms with Crippen LogP contribution < -0.4 is 14.2 Å². The third-order valence-corrected chi connectivity index (χ3v) is 7.56. The summed E-state index contributed by atoms with van der Waals surface area (Å²) in [4.78, 5) is 0. The molecule has 0 N–H and O–H groups in total. The fourth-order valence-electron chi connectivity index (χ4n) is 5.37. The van der Waals surface area contributed by atoms with Gasteiger partial charge in [-0.25, -0.2) is 0 Å². The van der Waals surface area contributed by atoms with Crippen LogP contribution in [0.15, 0.2) is 127 Å². The predicted molar refractivity (Wildman–Crippen MR) is 160 cm³/mol. The van der Waals surface area contributed by atoms with Gasteiger partial charge in [0, 0.05) is 0 Å². The van der Waals surface area contributed by atoms with Crippen molar-refractivity contribution in [1.82, 2.24) is 0 Å². The van der Waals surface area contributed by atoms with Crippen LogP contribution in [0.1, 0.15) is 45.7 Å². The molecule has 1 aliphatic carbocycles. The molecule has 0 saturated heterocycles. The standard InChI is InChI=1S/C37H34O3/c1-4-12-28(13-5-1)25-38-35-23-34(33-21-20-31-18-10-11-19-32(31)22-33)24-36(39-26-29-14-6-2-7-15-29)37(35)40-27-30-16-8-3-9-17-30/h1-19,23-24,33H,20-22,25-27H2. The number of hydrogen-bond donors (Lipinski definition) is 0. The maximum Gasteiger partial charge on any atom is 0.203 e. The van der Waals surface area contributed by atoms with E-state index >= 15 is 0 Å². The second-order valence-corrected chi connectivity index (χ2v) is 10.4. The minimum absolute atomic E-state index is 0.385. The fraction of sp³-hybridized carbons (Fsp3) is 0.189. The van der Waals surface area contributed by atoms with E-state index in [2.05, 4.69) is 72.8 Å². The molecule has 0 aliphatic heterocycles. The SMILES string of the molecule is c1ccc(COc2cc(C3CCc4ccccc4C3)cc(OCc3ccccc3)c2OCc2ccccc2)cc1. The van der Waals surface area contributed by atoms with Crippen LogP contribution in [-0.2, 0) is 32.7 Å². The van der Waals surface area contributed by atoms with Crippen LogP contribution in [-0.4, -0.2) is 0 Å². The molecule has 40 heavy (non-hydrogen) atoms. The van der Waals surface area contributed by atoms with Crippen molar-refractivity contribution < 1.29 is 14.2 Å². The smallest absolute Gasteiger partial charge is 0.203 e. The lowest BCUT2D eigenvalue weighted by molar-refractivity contribution is 0.229. The van der Waals surface area contributed by atoms with Crippen molar-refractivity contribution in [2.45, 2.75) is 45.0 Å². The Kier molecular flexibility index (Phi) is 8.10. The molecule has 0 saturated carbocycles. The monoisotopic (exact) mass is 526 g/mol. The first-order valence-corrected chi connectivity index (χ1v) is 14.1. The summed E-state index contributed by atoms with van der Waals surface area (Å²) in [6, 6.07) is 43.9. The lowest BCUT2D eigenvalue weighted by Crippen LogP contribution is -2.13. The summed E-state index contributed by atoms with van der Waals surface area (Å²) in [5.41, 5.74) is 7.44. The van der Waals surface area contributed by atoms with E-state index in [0.29, 0.717) is 31.5 Å². The largest absolute Gasteiger partial charge is 0.485 e. The van der Waals surface area contributed by atoms with Crippen molar-refractivity contribution in [2.75, 3.05) is 0 Å². The minimum Gasteiger partial charge on any atom is -0.485 e. The van der Waals surface area contributed by atoms with Gasteiger partial charge in [-0.1, -0.05) is 115 Å². The van der Waals surface area contributed by atoms with E-state index in [-0.39, 0.29) is 0 Å². The van der Waals surface area contributed by atoms with Crippen LogP contribution in [0.4, 0.5) is 0 Å². The first-order chi connectivity index (χ1) is 19.8. The summed E-state index contributed by atoms with van der Waals surface area (Å²) in [5, 5.41) is 0. The van der Waals surface area contributed by atoms with Crippen molar-refractivity contribution in [3.8, 4) is 17.2 Å². The van der Waals surface area contributed by atoms with Gasteiger partial charge in [0.2, 0.25) is 5.75 Å². The molecule has 5 aromatic rings. The van der Waals surface area contributed by atoms with Crippen molar-refractivity contribution in [2.24, 2.45) is 0 Å². The third kappa shape index (κ3) is 6.38. The van der Waals surface area contributed by atoms with E-state index < -0.39 is 0 Å². The molecule has 0 heterocycles. The second-order valence-electron chi connectivity index (χ2n) is 10.4. The molecule has 0 radical (unpaired) electrons. The predicted octanol–water partition coefficient (Wildman–Crippen LogP) is 8.70. The van der Waals surface area contributed by atoms with Crippen molar-refractivity contribution in [3.05, 3.63) is 161 Å². The van der Waals surface area contributed by atoms with Gasteiger partial charge in [-0.2, -0.15) is 0 Å². The average molecular weight is 527 g/mol. The molecule has 0 bridgehead atoms. The molecular weight excluding hydrogens is 492 g/mol. The quantitative estimate of drug-likeness (QED) is 0.182. The highest BCUT2D eigenvalue weighted by molar-refractivity contribution is 5.55. The molecule has 5 aromatic carbocycles. The molecule has 0 spiro atoms. The van der Waals surface area contributed by atoms with Gasteiger partial charge in [-0.15, -0.1) is 0 Å². The summed E-state index contributed by atoms with van der Waals surface area (Å²) in [5.74, 6) is 2.48. The van der Waals surface area contributed by atoms with Gasteiger partial charge in [-0.3, -0.25) is 0 Å². The van der Waals surface area contributed by atoms with Gasteiger partial charge >= 0.3 is 0 Å². The Morgan fingerprint density at radius 2 is 0.950 bits per heavy atom. The lowest BCUT2D eigenvalue weighted by Gasteiger charge is -2.27. The zero-order valence-electron chi connectivity index (χ0n) is 22.7. The number of rotatable bonds is 10. The summed E-state index contributed by atoms with van der Waals surface area (Å²) >= 11 is 0. The van der Waals surface area contributed by atoms with Crippen LogP contribution in [0.25, 0.3) is 0 Å². The number of hydrogen-bond acceptors (Lipinski definition) is 3. The molecule has 0 aromatic heterocycles.